The van der Waals surface area contributed by atoms with Gasteiger partial charge >= 0.3 is 0 Å². The number of imide groups is 1. The normalized spacial score (nSPS) is 15.9. The number of benzene rings is 1. The standard InChI is InChI=1S/C18H25N3O3/c1-13-4-6-14(7-5-13)15(20(2)3)12-19-16(22)10-11-21-17(23)8-9-18(21)24/h4-7,15H,8-12H2,1-3H3,(H,19,22)/t15-/m1/s1. The van der Waals surface area contributed by atoms with Gasteiger partial charge in [-0.2, -0.15) is 0 Å². The molecule has 0 aliphatic carbocycles. The first-order chi connectivity index (χ1) is 11.4. The summed E-state index contributed by atoms with van der Waals surface area (Å²) in [4.78, 5) is 38.3. The minimum absolute atomic E-state index is 0.0737. The first-order valence-electron chi connectivity index (χ1n) is 8.21. The first kappa shape index (κ1) is 18.1. The van der Waals surface area contributed by atoms with Gasteiger partial charge in [-0.25, -0.2) is 0 Å². The summed E-state index contributed by atoms with van der Waals surface area (Å²) in [5.74, 6) is -0.515. The molecule has 1 aliphatic heterocycles. The number of rotatable bonds is 7. The minimum Gasteiger partial charge on any atom is -0.354 e. The molecule has 2 rings (SSSR count). The van der Waals surface area contributed by atoms with Gasteiger partial charge in [-0.3, -0.25) is 19.3 Å². The fourth-order valence-corrected chi connectivity index (χ4v) is 2.77. The van der Waals surface area contributed by atoms with E-state index >= 15 is 0 Å². The van der Waals surface area contributed by atoms with Gasteiger partial charge in [-0.15, -0.1) is 0 Å². The molecule has 130 valence electrons. The van der Waals surface area contributed by atoms with Gasteiger partial charge in [0.25, 0.3) is 0 Å². The molecule has 1 fully saturated rings. The summed E-state index contributed by atoms with van der Waals surface area (Å²) in [6.07, 6.45) is 0.665. The first-order valence-corrected chi connectivity index (χ1v) is 8.21. The van der Waals surface area contributed by atoms with E-state index in [-0.39, 0.29) is 49.6 Å². The third-order valence-corrected chi connectivity index (χ3v) is 4.30. The van der Waals surface area contributed by atoms with Crippen molar-refractivity contribution in [2.75, 3.05) is 27.2 Å². The Bertz CT molecular complexity index is 594. The smallest absolute Gasteiger partial charge is 0.229 e. The van der Waals surface area contributed by atoms with E-state index in [1.807, 2.05) is 21.0 Å². The molecule has 0 aromatic heterocycles. The maximum absolute atomic E-state index is 12.0. The SMILES string of the molecule is Cc1ccc([C@@H](CNC(=O)CCN2C(=O)CCC2=O)N(C)C)cc1. The number of nitrogens with zero attached hydrogens (tertiary/aromatic N) is 2. The largest absolute Gasteiger partial charge is 0.354 e. The van der Waals surface area contributed by atoms with Crippen LogP contribution in [-0.4, -0.2) is 54.7 Å². The number of hydrogen-bond donors (Lipinski definition) is 1. The molecule has 1 N–H and O–H groups in total. The Morgan fingerprint density at radius 2 is 1.75 bits per heavy atom. The van der Waals surface area contributed by atoms with Crippen LogP contribution in [0, 0.1) is 6.92 Å². The second-order valence-corrected chi connectivity index (χ2v) is 6.38. The van der Waals surface area contributed by atoms with Crippen molar-refractivity contribution < 1.29 is 14.4 Å². The summed E-state index contributed by atoms with van der Waals surface area (Å²) in [5.41, 5.74) is 2.33. The van der Waals surface area contributed by atoms with E-state index in [9.17, 15) is 14.4 Å². The Labute approximate surface area is 142 Å². The summed E-state index contributed by atoms with van der Waals surface area (Å²) in [5, 5.41) is 2.90. The van der Waals surface area contributed by atoms with Crippen LogP contribution in [-0.2, 0) is 14.4 Å². The highest BCUT2D eigenvalue weighted by molar-refractivity contribution is 6.02. The lowest BCUT2D eigenvalue weighted by Gasteiger charge is -2.25. The summed E-state index contributed by atoms with van der Waals surface area (Å²) in [7, 11) is 3.94. The number of carbonyl (C=O) groups excluding carboxylic acids is 3. The van der Waals surface area contributed by atoms with Crippen molar-refractivity contribution >= 4 is 17.7 Å². The van der Waals surface area contributed by atoms with E-state index in [0.717, 1.165) is 5.56 Å². The maximum Gasteiger partial charge on any atom is 0.229 e. The molecule has 24 heavy (non-hydrogen) atoms. The molecule has 1 saturated heterocycles. The van der Waals surface area contributed by atoms with E-state index in [1.54, 1.807) is 0 Å². The number of nitrogens with one attached hydrogen (secondary N) is 1. The summed E-state index contributed by atoms with van der Waals surface area (Å²) < 4.78 is 0. The van der Waals surface area contributed by atoms with Crippen LogP contribution in [0.1, 0.15) is 36.4 Å². The fraction of sp³-hybridized carbons (Fsp3) is 0.500. The van der Waals surface area contributed by atoms with Crippen molar-refractivity contribution in [3.63, 3.8) is 0 Å². The van der Waals surface area contributed by atoms with Crippen molar-refractivity contribution in [2.24, 2.45) is 0 Å². The van der Waals surface area contributed by atoms with E-state index in [1.165, 1.54) is 10.5 Å². The Hall–Kier alpha value is -2.21. The molecule has 0 radical (unpaired) electrons. The fourth-order valence-electron chi connectivity index (χ4n) is 2.77. The molecule has 0 bridgehead atoms. The molecule has 1 heterocycles. The highest BCUT2D eigenvalue weighted by Gasteiger charge is 2.28. The van der Waals surface area contributed by atoms with Crippen LogP contribution >= 0.6 is 0 Å². The van der Waals surface area contributed by atoms with Crippen molar-refractivity contribution in [3.05, 3.63) is 35.4 Å². The lowest BCUT2D eigenvalue weighted by molar-refractivity contribution is -0.138. The summed E-state index contributed by atoms with van der Waals surface area (Å²) >= 11 is 0. The van der Waals surface area contributed by atoms with Crippen molar-refractivity contribution in [3.8, 4) is 0 Å². The maximum atomic E-state index is 12.0. The average molecular weight is 331 g/mol. The van der Waals surface area contributed by atoms with Gasteiger partial charge in [0.1, 0.15) is 0 Å². The Morgan fingerprint density at radius 1 is 1.17 bits per heavy atom. The lowest BCUT2D eigenvalue weighted by atomic mass is 10.0. The molecule has 1 aromatic carbocycles. The zero-order valence-electron chi connectivity index (χ0n) is 14.5. The third-order valence-electron chi connectivity index (χ3n) is 4.30. The molecule has 0 saturated carbocycles. The number of likely N-dealkylation sites (N-methyl/N-ethyl adjacent to an activating group) is 1. The van der Waals surface area contributed by atoms with Crippen LogP contribution in [0.5, 0.6) is 0 Å². The van der Waals surface area contributed by atoms with Gasteiger partial charge < -0.3 is 10.2 Å². The number of hydrogen-bond acceptors (Lipinski definition) is 4. The quantitative estimate of drug-likeness (QED) is 0.764. The van der Waals surface area contributed by atoms with Crippen LogP contribution in [0.4, 0.5) is 0 Å². The molecule has 6 nitrogen and oxygen atoms in total. The molecule has 1 aliphatic rings. The Balaban J connectivity index is 1.85. The highest BCUT2D eigenvalue weighted by atomic mass is 16.2. The average Bonchev–Trinajstić information content (AvgIpc) is 2.85. The van der Waals surface area contributed by atoms with Gasteiger partial charge in [0.15, 0.2) is 0 Å². The molecular formula is C18H25N3O3. The molecule has 0 unspecified atom stereocenters. The van der Waals surface area contributed by atoms with Crippen molar-refractivity contribution in [1.29, 1.82) is 0 Å². The van der Waals surface area contributed by atoms with Gasteiger partial charge in [-0.1, -0.05) is 29.8 Å². The molecular weight excluding hydrogens is 306 g/mol. The second kappa shape index (κ2) is 8.06. The van der Waals surface area contributed by atoms with E-state index in [0.29, 0.717) is 6.54 Å². The van der Waals surface area contributed by atoms with Crippen molar-refractivity contribution in [1.82, 2.24) is 15.1 Å². The van der Waals surface area contributed by atoms with Gasteiger partial charge in [0, 0.05) is 32.4 Å². The van der Waals surface area contributed by atoms with E-state index in [4.69, 9.17) is 0 Å². The lowest BCUT2D eigenvalue weighted by Crippen LogP contribution is -2.37. The van der Waals surface area contributed by atoms with Crippen LogP contribution in [0.3, 0.4) is 0 Å². The van der Waals surface area contributed by atoms with Crippen LogP contribution < -0.4 is 5.32 Å². The third kappa shape index (κ3) is 4.64. The molecule has 0 spiro atoms. The van der Waals surface area contributed by atoms with E-state index in [2.05, 4.69) is 34.5 Å². The predicted molar refractivity (Wildman–Crippen MR) is 91.2 cm³/mol. The number of carbonyl (C=O) groups is 3. The number of aryl methyl sites for hydroxylation is 1. The Morgan fingerprint density at radius 3 is 2.29 bits per heavy atom. The predicted octanol–water partition coefficient (Wildman–Crippen LogP) is 1.25. The zero-order chi connectivity index (χ0) is 17.7. The highest BCUT2D eigenvalue weighted by Crippen LogP contribution is 2.18. The van der Waals surface area contributed by atoms with Crippen LogP contribution in [0.25, 0.3) is 0 Å². The van der Waals surface area contributed by atoms with Crippen molar-refractivity contribution in [2.45, 2.75) is 32.2 Å². The topological polar surface area (TPSA) is 69.7 Å². The van der Waals surface area contributed by atoms with Gasteiger partial charge in [0.2, 0.25) is 17.7 Å². The summed E-state index contributed by atoms with van der Waals surface area (Å²) in [6.45, 7) is 2.69. The van der Waals surface area contributed by atoms with Crippen LogP contribution in [0.2, 0.25) is 0 Å². The second-order valence-electron chi connectivity index (χ2n) is 6.38. The molecule has 3 amide bonds. The molecule has 1 aromatic rings. The summed E-state index contributed by atoms with van der Waals surface area (Å²) in [6, 6.07) is 8.31. The Kier molecular flexibility index (Phi) is 6.09. The number of likely N-dealkylation sites (tertiary alicyclic amines) is 1. The van der Waals surface area contributed by atoms with Gasteiger partial charge in [0.05, 0.1) is 6.04 Å². The zero-order valence-corrected chi connectivity index (χ0v) is 14.5. The number of amides is 3. The van der Waals surface area contributed by atoms with E-state index < -0.39 is 0 Å². The minimum atomic E-state index is -0.182. The molecule has 6 heteroatoms. The van der Waals surface area contributed by atoms with Crippen LogP contribution in [0.15, 0.2) is 24.3 Å². The molecule has 1 atom stereocenters. The van der Waals surface area contributed by atoms with Gasteiger partial charge in [-0.05, 0) is 26.6 Å². The monoisotopic (exact) mass is 331 g/mol.